The van der Waals surface area contributed by atoms with Crippen LogP contribution in [0, 0.1) is 0 Å². The van der Waals surface area contributed by atoms with Crippen LogP contribution in [0.1, 0.15) is 18.5 Å². The Balaban J connectivity index is 1.56. The van der Waals surface area contributed by atoms with Crippen molar-refractivity contribution in [1.82, 2.24) is 19.4 Å². The third-order valence-electron chi connectivity index (χ3n) is 6.03. The van der Waals surface area contributed by atoms with Crippen molar-refractivity contribution in [2.24, 2.45) is 0 Å². The number of thiophene rings is 1. The maximum absolute atomic E-state index is 13.0. The highest BCUT2D eigenvalue weighted by molar-refractivity contribution is 7.89. The van der Waals surface area contributed by atoms with E-state index in [1.165, 1.54) is 20.5 Å². The Morgan fingerprint density at radius 3 is 2.47 bits per heavy atom. The zero-order valence-electron chi connectivity index (χ0n) is 19.1. The van der Waals surface area contributed by atoms with Crippen LogP contribution in [-0.4, -0.2) is 80.9 Å². The molecule has 4 rings (SSSR count). The number of nitrogens with zero attached hydrogens (tertiary/aromatic N) is 3. The summed E-state index contributed by atoms with van der Waals surface area (Å²) in [6, 6.07) is 9.38. The van der Waals surface area contributed by atoms with Crippen LogP contribution in [0.15, 0.2) is 63.3 Å². The lowest BCUT2D eigenvalue weighted by Gasteiger charge is -2.39. The van der Waals surface area contributed by atoms with Gasteiger partial charge in [0.15, 0.2) is 0 Å². The number of carbonyl (C=O) groups is 2. The van der Waals surface area contributed by atoms with Gasteiger partial charge in [0.05, 0.1) is 23.1 Å². The van der Waals surface area contributed by atoms with Crippen LogP contribution < -0.4 is 5.32 Å². The Bertz CT molecular complexity index is 1160. The molecule has 0 spiro atoms. The summed E-state index contributed by atoms with van der Waals surface area (Å²) in [7, 11) is -1.93. The average Bonchev–Trinajstić information content (AvgIpc) is 3.38. The van der Waals surface area contributed by atoms with E-state index in [2.05, 4.69) is 10.2 Å². The van der Waals surface area contributed by atoms with Gasteiger partial charge in [0.2, 0.25) is 10.0 Å². The number of sulfonamides is 1. The van der Waals surface area contributed by atoms with Gasteiger partial charge in [-0.15, -0.1) is 0 Å². The highest BCUT2D eigenvalue weighted by Crippen LogP contribution is 2.32. The van der Waals surface area contributed by atoms with E-state index in [1.807, 2.05) is 16.8 Å². The first kappa shape index (κ1) is 24.4. The van der Waals surface area contributed by atoms with Gasteiger partial charge < -0.3 is 10.1 Å². The quantitative estimate of drug-likeness (QED) is 0.581. The first-order chi connectivity index (χ1) is 16.3. The van der Waals surface area contributed by atoms with Crippen LogP contribution in [0.2, 0.25) is 0 Å². The average molecular weight is 505 g/mol. The summed E-state index contributed by atoms with van der Waals surface area (Å²) < 4.78 is 32.7. The fourth-order valence-corrected chi connectivity index (χ4v) is 6.30. The number of hydrogen-bond acceptors (Lipinski definition) is 7. The molecule has 0 saturated carbocycles. The molecule has 0 radical (unpaired) electrons. The Morgan fingerprint density at radius 2 is 1.85 bits per heavy atom. The Morgan fingerprint density at radius 1 is 1.15 bits per heavy atom. The molecule has 1 aromatic carbocycles. The van der Waals surface area contributed by atoms with Gasteiger partial charge >= 0.3 is 12.0 Å². The summed E-state index contributed by atoms with van der Waals surface area (Å²) in [5.41, 5.74) is 1.80. The lowest BCUT2D eigenvalue weighted by atomic mass is 9.96. The van der Waals surface area contributed by atoms with Gasteiger partial charge in [-0.25, -0.2) is 18.0 Å². The molecule has 2 aliphatic rings. The van der Waals surface area contributed by atoms with Crippen molar-refractivity contribution < 1.29 is 22.7 Å². The maximum Gasteiger partial charge on any atom is 0.338 e. The molecule has 11 heteroatoms. The largest absolute Gasteiger partial charge is 0.463 e. The molecular weight excluding hydrogens is 476 g/mol. The number of piperazine rings is 1. The molecule has 2 aliphatic heterocycles. The molecule has 9 nitrogen and oxygen atoms in total. The van der Waals surface area contributed by atoms with Crippen molar-refractivity contribution in [3.05, 3.63) is 64.0 Å². The van der Waals surface area contributed by atoms with E-state index in [4.69, 9.17) is 4.74 Å². The van der Waals surface area contributed by atoms with Crippen molar-refractivity contribution in [2.75, 3.05) is 46.4 Å². The van der Waals surface area contributed by atoms with E-state index < -0.39 is 22.0 Å². The summed E-state index contributed by atoms with van der Waals surface area (Å²) in [5.74, 6) is -0.467. The number of nitrogens with one attached hydrogen (secondary N) is 1. The number of urea groups is 1. The number of amides is 2. The molecule has 2 amide bonds. The number of likely N-dealkylation sites (N-methyl/N-ethyl adjacent to an activating group) is 1. The summed E-state index contributed by atoms with van der Waals surface area (Å²) >= 11 is 1.49. The van der Waals surface area contributed by atoms with Crippen LogP contribution >= 0.6 is 11.3 Å². The molecule has 2 aromatic rings. The van der Waals surface area contributed by atoms with Gasteiger partial charge in [0.25, 0.3) is 0 Å². The summed E-state index contributed by atoms with van der Waals surface area (Å²) in [6.07, 6.45) is 0. The topological polar surface area (TPSA) is 99.3 Å². The minimum absolute atomic E-state index is 0.222. The van der Waals surface area contributed by atoms with Crippen molar-refractivity contribution in [3.63, 3.8) is 0 Å². The van der Waals surface area contributed by atoms with Gasteiger partial charge in [0, 0.05) is 45.5 Å². The van der Waals surface area contributed by atoms with Crippen LogP contribution in [0.4, 0.5) is 4.79 Å². The number of ether oxygens (including phenoxy) is 1. The Kier molecular flexibility index (Phi) is 7.36. The van der Waals surface area contributed by atoms with Crippen molar-refractivity contribution in [2.45, 2.75) is 17.9 Å². The fourth-order valence-electron chi connectivity index (χ4n) is 4.17. The van der Waals surface area contributed by atoms with Gasteiger partial charge in [-0.2, -0.15) is 15.6 Å². The minimum atomic E-state index is -3.56. The summed E-state index contributed by atoms with van der Waals surface area (Å²) in [4.78, 5) is 29.5. The van der Waals surface area contributed by atoms with Crippen LogP contribution in [0.3, 0.4) is 0 Å². The van der Waals surface area contributed by atoms with Gasteiger partial charge in [-0.3, -0.25) is 9.80 Å². The van der Waals surface area contributed by atoms with E-state index in [0.717, 1.165) is 5.56 Å². The lowest BCUT2D eigenvalue weighted by Crippen LogP contribution is -2.52. The minimum Gasteiger partial charge on any atom is -0.463 e. The molecule has 1 aromatic heterocycles. The van der Waals surface area contributed by atoms with E-state index >= 15 is 0 Å². The molecule has 34 heavy (non-hydrogen) atoms. The van der Waals surface area contributed by atoms with E-state index in [-0.39, 0.29) is 17.5 Å². The van der Waals surface area contributed by atoms with Crippen LogP contribution in [-0.2, 0) is 19.6 Å². The molecular formula is C23H28N4O5S2. The number of carbonyl (C=O) groups excluding carboxylic acids is 2. The normalized spacial score (nSPS) is 20.4. The van der Waals surface area contributed by atoms with Gasteiger partial charge in [-0.05, 0) is 41.4 Å². The smallest absolute Gasteiger partial charge is 0.338 e. The predicted octanol–water partition coefficient (Wildman–Crippen LogP) is 2.27. The van der Waals surface area contributed by atoms with Crippen molar-refractivity contribution in [1.29, 1.82) is 0 Å². The summed E-state index contributed by atoms with van der Waals surface area (Å²) in [6.45, 7) is 3.90. The number of hydrogen-bond donors (Lipinski definition) is 1. The van der Waals surface area contributed by atoms with Crippen molar-refractivity contribution >= 4 is 33.4 Å². The third-order valence-corrected chi connectivity index (χ3v) is 8.65. The highest BCUT2D eigenvalue weighted by Gasteiger charge is 2.38. The van der Waals surface area contributed by atoms with Crippen LogP contribution in [0.5, 0.6) is 0 Å². The van der Waals surface area contributed by atoms with E-state index in [1.54, 1.807) is 44.3 Å². The van der Waals surface area contributed by atoms with Gasteiger partial charge in [-0.1, -0.05) is 18.2 Å². The molecule has 1 N–H and O–H groups in total. The first-order valence-corrected chi connectivity index (χ1v) is 13.4. The zero-order valence-corrected chi connectivity index (χ0v) is 20.8. The fraction of sp³-hybridized carbons (Fsp3) is 0.391. The molecule has 182 valence electrons. The second-order valence-corrected chi connectivity index (χ2v) is 10.8. The monoisotopic (exact) mass is 504 g/mol. The second-order valence-electron chi connectivity index (χ2n) is 8.07. The lowest BCUT2D eigenvalue weighted by molar-refractivity contribution is -0.139. The molecule has 3 heterocycles. The first-order valence-electron chi connectivity index (χ1n) is 11.1. The molecule has 0 bridgehead atoms. The number of benzene rings is 1. The molecule has 1 atom stereocenters. The predicted molar refractivity (Wildman–Crippen MR) is 129 cm³/mol. The number of esters is 1. The van der Waals surface area contributed by atoms with E-state index in [0.29, 0.717) is 44.0 Å². The third kappa shape index (κ3) is 4.88. The zero-order chi connectivity index (χ0) is 24.3. The van der Waals surface area contributed by atoms with Crippen LogP contribution in [0.25, 0.3) is 0 Å². The standard InChI is InChI=1S/C23H28N4O5S2/c1-3-32-22(28)20-19(25(2)23(29)24-21(20)17-9-14-33-16-17)15-26-10-12-27(13-11-26)34(30,31)18-7-5-4-6-8-18/h4-9,14,16,21H,3,10-13,15H2,1-2H3,(H,24,29). The molecule has 1 saturated heterocycles. The molecule has 1 fully saturated rings. The number of rotatable bonds is 7. The Hall–Kier alpha value is -2.73. The summed E-state index contributed by atoms with van der Waals surface area (Å²) in [5, 5.41) is 6.70. The van der Waals surface area contributed by atoms with E-state index in [9.17, 15) is 18.0 Å². The molecule has 1 unspecified atom stereocenters. The second kappa shape index (κ2) is 10.3. The van der Waals surface area contributed by atoms with Gasteiger partial charge in [0.1, 0.15) is 0 Å². The Labute approximate surface area is 203 Å². The highest BCUT2D eigenvalue weighted by atomic mass is 32.2. The molecule has 0 aliphatic carbocycles. The van der Waals surface area contributed by atoms with Crippen molar-refractivity contribution in [3.8, 4) is 0 Å². The SMILES string of the molecule is CCOC(=O)C1=C(CN2CCN(S(=O)(=O)c3ccccc3)CC2)N(C)C(=O)NC1c1ccsc1. The maximum atomic E-state index is 13.0.